The zero-order valence-corrected chi connectivity index (χ0v) is 12.0. The molecule has 0 aliphatic rings. The molecule has 2 aromatic heterocycles. The number of carbonyl (C=O) groups is 1. The summed E-state index contributed by atoms with van der Waals surface area (Å²) in [6.07, 6.45) is 4.64. The fraction of sp³-hybridized carbons (Fsp3) is 0. The van der Waals surface area contributed by atoms with Crippen molar-refractivity contribution in [2.45, 2.75) is 0 Å². The van der Waals surface area contributed by atoms with Crippen molar-refractivity contribution in [3.8, 4) is 0 Å². The van der Waals surface area contributed by atoms with Crippen LogP contribution in [0.4, 0.5) is 0 Å². The van der Waals surface area contributed by atoms with Gasteiger partial charge in [-0.3, -0.25) is 9.36 Å². The van der Waals surface area contributed by atoms with Crippen molar-refractivity contribution in [3.63, 3.8) is 0 Å². The van der Waals surface area contributed by atoms with Gasteiger partial charge >= 0.3 is 0 Å². The fourth-order valence-corrected chi connectivity index (χ4v) is 2.53. The van der Waals surface area contributed by atoms with E-state index < -0.39 is 0 Å². The number of nitrogens with zero attached hydrogens (tertiary/aromatic N) is 4. The van der Waals surface area contributed by atoms with Crippen LogP contribution in [0.3, 0.4) is 0 Å². The largest absolute Gasteiger partial charge is 0.272 e. The lowest BCUT2D eigenvalue weighted by Gasteiger charge is -2.06. The summed E-state index contributed by atoms with van der Waals surface area (Å²) in [4.78, 5) is 25.6. The van der Waals surface area contributed by atoms with E-state index in [0.29, 0.717) is 32.7 Å². The van der Waals surface area contributed by atoms with Crippen molar-refractivity contribution in [3.05, 3.63) is 65.7 Å². The molecule has 0 spiro atoms. The number of rotatable bonds is 1. The Kier molecular flexibility index (Phi) is 2.87. The third-order valence-electron chi connectivity index (χ3n) is 3.39. The van der Waals surface area contributed by atoms with Crippen molar-refractivity contribution in [2.24, 2.45) is 0 Å². The first-order valence-corrected chi connectivity index (χ1v) is 6.99. The summed E-state index contributed by atoms with van der Waals surface area (Å²) < 4.78 is 1.42. The first-order valence-electron chi connectivity index (χ1n) is 6.61. The summed E-state index contributed by atoms with van der Waals surface area (Å²) in [5.41, 5.74) is 3.10. The van der Waals surface area contributed by atoms with Crippen molar-refractivity contribution in [1.29, 1.82) is 0 Å². The van der Waals surface area contributed by atoms with Gasteiger partial charge in [0.05, 0.1) is 22.1 Å². The minimum Gasteiger partial charge on any atom is -0.272 e. The molecule has 0 radical (unpaired) electrons. The molecule has 0 fully saturated rings. The minimum absolute atomic E-state index is 0.189. The van der Waals surface area contributed by atoms with Crippen LogP contribution in [0.1, 0.15) is 10.4 Å². The second-order valence-corrected chi connectivity index (χ2v) is 5.24. The molecule has 2 aromatic carbocycles. The van der Waals surface area contributed by atoms with Crippen molar-refractivity contribution in [2.75, 3.05) is 0 Å². The maximum atomic E-state index is 12.5. The van der Waals surface area contributed by atoms with Gasteiger partial charge in [0.25, 0.3) is 5.91 Å². The molecule has 6 heteroatoms. The van der Waals surface area contributed by atoms with Crippen LogP contribution in [-0.2, 0) is 0 Å². The zero-order valence-electron chi connectivity index (χ0n) is 11.3. The van der Waals surface area contributed by atoms with Gasteiger partial charge < -0.3 is 0 Å². The molecular formula is C16H9ClN4O. The molecule has 0 N–H and O–H groups in total. The Labute approximate surface area is 130 Å². The predicted molar refractivity (Wildman–Crippen MR) is 84.0 cm³/mol. The summed E-state index contributed by atoms with van der Waals surface area (Å²) in [5, 5.41) is 0.604. The van der Waals surface area contributed by atoms with E-state index in [1.807, 2.05) is 6.07 Å². The number of benzene rings is 2. The molecule has 22 heavy (non-hydrogen) atoms. The normalized spacial score (nSPS) is 11.1. The van der Waals surface area contributed by atoms with Crippen molar-refractivity contribution in [1.82, 2.24) is 19.5 Å². The van der Waals surface area contributed by atoms with E-state index in [2.05, 4.69) is 15.0 Å². The maximum Gasteiger partial charge on any atom is 0.265 e. The average Bonchev–Trinajstić information content (AvgIpc) is 3.06. The highest BCUT2D eigenvalue weighted by atomic mass is 35.5. The van der Waals surface area contributed by atoms with Crippen molar-refractivity contribution < 1.29 is 4.79 Å². The molecule has 0 saturated carbocycles. The van der Waals surface area contributed by atoms with Gasteiger partial charge in [0.1, 0.15) is 11.8 Å². The first kappa shape index (κ1) is 12.9. The Hall–Kier alpha value is -2.79. The second kappa shape index (κ2) is 4.89. The van der Waals surface area contributed by atoms with Crippen LogP contribution in [0.15, 0.2) is 55.1 Å². The Balaban J connectivity index is 2.00. The summed E-state index contributed by atoms with van der Waals surface area (Å²) in [6, 6.07) is 10.7. The molecule has 0 unspecified atom stereocenters. The van der Waals surface area contributed by atoms with Gasteiger partial charge in [-0.05, 0) is 30.3 Å². The van der Waals surface area contributed by atoms with E-state index in [0.717, 1.165) is 0 Å². The first-order chi connectivity index (χ1) is 10.7. The van der Waals surface area contributed by atoms with Crippen LogP contribution < -0.4 is 0 Å². The summed E-state index contributed by atoms with van der Waals surface area (Å²) in [7, 11) is 0. The van der Waals surface area contributed by atoms with Gasteiger partial charge in [0, 0.05) is 17.4 Å². The molecular weight excluding hydrogens is 300 g/mol. The van der Waals surface area contributed by atoms with Gasteiger partial charge in [-0.15, -0.1) is 0 Å². The molecule has 2 heterocycles. The monoisotopic (exact) mass is 308 g/mol. The molecule has 4 rings (SSSR count). The van der Waals surface area contributed by atoms with Crippen LogP contribution in [0.2, 0.25) is 5.02 Å². The number of hydrogen-bond donors (Lipinski definition) is 0. The van der Waals surface area contributed by atoms with Crippen LogP contribution in [0.5, 0.6) is 0 Å². The minimum atomic E-state index is -0.189. The highest BCUT2D eigenvalue weighted by Crippen LogP contribution is 2.22. The Morgan fingerprint density at radius 1 is 1.05 bits per heavy atom. The Bertz CT molecular complexity index is 1010. The van der Waals surface area contributed by atoms with E-state index in [4.69, 9.17) is 11.6 Å². The van der Waals surface area contributed by atoms with Crippen LogP contribution in [0, 0.1) is 0 Å². The van der Waals surface area contributed by atoms with Crippen LogP contribution >= 0.6 is 11.6 Å². The molecule has 0 atom stereocenters. The molecule has 0 aliphatic heterocycles. The smallest absolute Gasteiger partial charge is 0.265 e. The van der Waals surface area contributed by atoms with E-state index in [1.165, 1.54) is 10.9 Å². The molecule has 106 valence electrons. The third kappa shape index (κ3) is 2.03. The van der Waals surface area contributed by atoms with Crippen LogP contribution in [0.25, 0.3) is 22.1 Å². The fourth-order valence-electron chi connectivity index (χ4n) is 2.36. The van der Waals surface area contributed by atoms with Gasteiger partial charge in [-0.1, -0.05) is 17.7 Å². The lowest BCUT2D eigenvalue weighted by Crippen LogP contribution is -2.11. The van der Waals surface area contributed by atoms with Gasteiger partial charge in [-0.2, -0.15) is 0 Å². The molecule has 0 bridgehead atoms. The molecule has 0 saturated heterocycles. The van der Waals surface area contributed by atoms with Gasteiger partial charge in [0.15, 0.2) is 0 Å². The van der Waals surface area contributed by atoms with Gasteiger partial charge in [0.2, 0.25) is 0 Å². The SMILES string of the molecule is O=C(c1cccc2nc3cc(Cl)ccc3nc12)n1ccnc1. The second-order valence-electron chi connectivity index (χ2n) is 4.81. The maximum absolute atomic E-state index is 12.5. The summed E-state index contributed by atoms with van der Waals surface area (Å²) in [6.45, 7) is 0. The van der Waals surface area contributed by atoms with Gasteiger partial charge in [-0.25, -0.2) is 15.0 Å². The Morgan fingerprint density at radius 3 is 2.77 bits per heavy atom. The van der Waals surface area contributed by atoms with E-state index in [-0.39, 0.29) is 5.91 Å². The molecule has 0 amide bonds. The number of halogens is 1. The molecule has 5 nitrogen and oxygen atoms in total. The van der Waals surface area contributed by atoms with E-state index >= 15 is 0 Å². The number of aromatic nitrogens is 4. The Morgan fingerprint density at radius 2 is 1.95 bits per heavy atom. The summed E-state index contributed by atoms with van der Waals surface area (Å²) in [5.74, 6) is -0.189. The standard InChI is InChI=1S/C16H9ClN4O/c17-10-4-5-12-14(8-10)19-13-3-1-2-11(15(13)20-12)16(22)21-7-6-18-9-21/h1-9H. The van der Waals surface area contributed by atoms with E-state index in [9.17, 15) is 4.79 Å². The highest BCUT2D eigenvalue weighted by molar-refractivity contribution is 6.31. The predicted octanol–water partition coefficient (Wildman–Crippen LogP) is 3.32. The van der Waals surface area contributed by atoms with E-state index in [1.54, 1.807) is 42.7 Å². The number of carbonyl (C=O) groups excluding carboxylic acids is 1. The quantitative estimate of drug-likeness (QED) is 0.506. The lowest BCUT2D eigenvalue weighted by atomic mass is 10.1. The average molecular weight is 309 g/mol. The highest BCUT2D eigenvalue weighted by Gasteiger charge is 2.14. The number of imidazole rings is 1. The van der Waals surface area contributed by atoms with Crippen molar-refractivity contribution >= 4 is 39.6 Å². The number of hydrogen-bond acceptors (Lipinski definition) is 4. The molecule has 0 aliphatic carbocycles. The third-order valence-corrected chi connectivity index (χ3v) is 3.63. The number of para-hydroxylation sites is 1. The topological polar surface area (TPSA) is 60.7 Å². The summed E-state index contributed by atoms with van der Waals surface area (Å²) >= 11 is 5.99. The zero-order chi connectivity index (χ0) is 15.1. The molecule has 4 aromatic rings. The lowest BCUT2D eigenvalue weighted by molar-refractivity contribution is 0.0961. The van der Waals surface area contributed by atoms with Crippen LogP contribution in [-0.4, -0.2) is 25.4 Å². The number of fused-ring (bicyclic) bond motifs is 2.